The number of hydrogen-bond acceptors (Lipinski definition) is 4. The van der Waals surface area contributed by atoms with Crippen molar-refractivity contribution in [3.8, 4) is 5.75 Å². The Kier molecular flexibility index (Phi) is 8.53. The third-order valence-electron chi connectivity index (χ3n) is 6.00. The summed E-state index contributed by atoms with van der Waals surface area (Å²) < 4.78 is 5.58. The summed E-state index contributed by atoms with van der Waals surface area (Å²) in [5.74, 6) is 0.958. The zero-order valence-corrected chi connectivity index (χ0v) is 18.4. The fourth-order valence-electron chi connectivity index (χ4n) is 4.21. The van der Waals surface area contributed by atoms with Gasteiger partial charge in [0.2, 0.25) is 0 Å². The largest absolute Gasteiger partial charge is 0.494 e. The number of hydrogen-bond donors (Lipinski definition) is 0. The summed E-state index contributed by atoms with van der Waals surface area (Å²) in [6.07, 6.45) is 0. The van der Waals surface area contributed by atoms with Crippen molar-refractivity contribution >= 4 is 0 Å². The summed E-state index contributed by atoms with van der Waals surface area (Å²) in [5, 5.41) is 0. The summed E-state index contributed by atoms with van der Waals surface area (Å²) in [4.78, 5) is 7.80. The van der Waals surface area contributed by atoms with Gasteiger partial charge >= 0.3 is 0 Å². The van der Waals surface area contributed by atoms with Crippen molar-refractivity contribution in [1.82, 2.24) is 14.7 Å². The molecule has 158 valence electrons. The summed E-state index contributed by atoms with van der Waals surface area (Å²) in [6, 6.07) is 20.1. The predicted octanol–water partition coefficient (Wildman–Crippen LogP) is 4.29. The molecule has 1 atom stereocenters. The SMILES string of the molecule is CCOc1ccc(CN2CCN(CCN(CC)CC)C(c3ccccc3)C2)cc1. The summed E-state index contributed by atoms with van der Waals surface area (Å²) in [7, 11) is 0. The number of nitrogens with zero attached hydrogens (tertiary/aromatic N) is 3. The van der Waals surface area contributed by atoms with E-state index in [1.165, 1.54) is 11.1 Å². The molecule has 4 nitrogen and oxygen atoms in total. The Hall–Kier alpha value is -1.88. The standard InChI is InChI=1S/C25H37N3O/c1-4-26(5-2)16-18-28-19-17-27(21-25(28)23-10-8-7-9-11-23)20-22-12-14-24(15-13-22)29-6-3/h7-15,25H,4-6,16-21H2,1-3H3. The van der Waals surface area contributed by atoms with Crippen LogP contribution in [-0.4, -0.2) is 67.1 Å². The molecule has 1 fully saturated rings. The summed E-state index contributed by atoms with van der Waals surface area (Å²) >= 11 is 0. The Labute approximate surface area is 177 Å². The van der Waals surface area contributed by atoms with E-state index in [2.05, 4.69) is 83.1 Å². The molecular formula is C25H37N3O. The molecule has 3 rings (SSSR count). The van der Waals surface area contributed by atoms with Crippen LogP contribution in [0.2, 0.25) is 0 Å². The van der Waals surface area contributed by atoms with Crippen LogP contribution in [0.3, 0.4) is 0 Å². The van der Waals surface area contributed by atoms with Crippen LogP contribution in [0.1, 0.15) is 37.9 Å². The first-order chi connectivity index (χ1) is 14.2. The van der Waals surface area contributed by atoms with E-state index in [0.717, 1.165) is 58.1 Å². The van der Waals surface area contributed by atoms with Crippen LogP contribution in [-0.2, 0) is 6.54 Å². The van der Waals surface area contributed by atoms with Crippen LogP contribution >= 0.6 is 0 Å². The third-order valence-corrected chi connectivity index (χ3v) is 6.00. The Morgan fingerprint density at radius 1 is 0.931 bits per heavy atom. The lowest BCUT2D eigenvalue weighted by molar-refractivity contribution is 0.0615. The van der Waals surface area contributed by atoms with Gasteiger partial charge in [-0.05, 0) is 43.3 Å². The molecule has 0 spiro atoms. The van der Waals surface area contributed by atoms with Crippen molar-refractivity contribution in [2.45, 2.75) is 33.4 Å². The minimum atomic E-state index is 0.461. The molecular weight excluding hydrogens is 358 g/mol. The van der Waals surface area contributed by atoms with Gasteiger partial charge in [-0.2, -0.15) is 0 Å². The Morgan fingerprint density at radius 2 is 1.66 bits per heavy atom. The van der Waals surface area contributed by atoms with Gasteiger partial charge in [-0.3, -0.25) is 9.80 Å². The highest BCUT2D eigenvalue weighted by Gasteiger charge is 2.28. The molecule has 1 unspecified atom stereocenters. The lowest BCUT2D eigenvalue weighted by atomic mass is 10.0. The lowest BCUT2D eigenvalue weighted by Crippen LogP contribution is -2.49. The highest BCUT2D eigenvalue weighted by Crippen LogP contribution is 2.26. The fourth-order valence-corrected chi connectivity index (χ4v) is 4.21. The molecule has 1 aliphatic rings. The van der Waals surface area contributed by atoms with E-state index in [-0.39, 0.29) is 0 Å². The number of likely N-dealkylation sites (N-methyl/N-ethyl adjacent to an activating group) is 1. The maximum atomic E-state index is 5.58. The molecule has 1 aliphatic heterocycles. The topological polar surface area (TPSA) is 19.0 Å². The third kappa shape index (κ3) is 6.30. The number of benzene rings is 2. The second kappa shape index (κ2) is 11.3. The van der Waals surface area contributed by atoms with Gasteiger partial charge in [0.05, 0.1) is 6.61 Å². The van der Waals surface area contributed by atoms with E-state index in [0.29, 0.717) is 12.6 Å². The van der Waals surface area contributed by atoms with Crippen LogP contribution in [0.25, 0.3) is 0 Å². The van der Waals surface area contributed by atoms with Gasteiger partial charge in [0.1, 0.15) is 5.75 Å². The van der Waals surface area contributed by atoms with E-state index in [9.17, 15) is 0 Å². The van der Waals surface area contributed by atoms with Crippen molar-refractivity contribution in [2.75, 3.05) is 52.4 Å². The van der Waals surface area contributed by atoms with Crippen LogP contribution in [0.4, 0.5) is 0 Å². The molecule has 0 saturated carbocycles. The molecule has 0 N–H and O–H groups in total. The first-order valence-electron chi connectivity index (χ1n) is 11.2. The van der Waals surface area contributed by atoms with Gasteiger partial charge < -0.3 is 9.64 Å². The minimum absolute atomic E-state index is 0.461. The van der Waals surface area contributed by atoms with E-state index >= 15 is 0 Å². The normalized spacial score (nSPS) is 18.3. The first kappa shape index (κ1) is 21.8. The van der Waals surface area contributed by atoms with Crippen LogP contribution < -0.4 is 4.74 Å². The molecule has 1 heterocycles. The Balaban J connectivity index is 1.65. The number of rotatable bonds is 10. The van der Waals surface area contributed by atoms with E-state index in [4.69, 9.17) is 4.74 Å². The quantitative estimate of drug-likeness (QED) is 0.597. The molecule has 0 amide bonds. The zero-order chi connectivity index (χ0) is 20.5. The maximum absolute atomic E-state index is 5.58. The second-order valence-corrected chi connectivity index (χ2v) is 7.80. The fraction of sp³-hybridized carbons (Fsp3) is 0.520. The monoisotopic (exact) mass is 395 g/mol. The molecule has 2 aromatic rings. The smallest absolute Gasteiger partial charge is 0.119 e. The highest BCUT2D eigenvalue weighted by molar-refractivity contribution is 5.27. The second-order valence-electron chi connectivity index (χ2n) is 7.80. The number of piperazine rings is 1. The molecule has 1 saturated heterocycles. The lowest BCUT2D eigenvalue weighted by Gasteiger charge is -2.42. The molecule has 0 bridgehead atoms. The molecule has 2 aromatic carbocycles. The van der Waals surface area contributed by atoms with Crippen molar-refractivity contribution in [2.24, 2.45) is 0 Å². The van der Waals surface area contributed by atoms with Crippen molar-refractivity contribution in [3.63, 3.8) is 0 Å². The van der Waals surface area contributed by atoms with Crippen LogP contribution in [0.15, 0.2) is 54.6 Å². The first-order valence-corrected chi connectivity index (χ1v) is 11.2. The van der Waals surface area contributed by atoms with E-state index < -0.39 is 0 Å². The summed E-state index contributed by atoms with van der Waals surface area (Å²) in [6.45, 7) is 16.1. The summed E-state index contributed by atoms with van der Waals surface area (Å²) in [5.41, 5.74) is 2.79. The van der Waals surface area contributed by atoms with Crippen molar-refractivity contribution < 1.29 is 4.74 Å². The molecule has 0 aromatic heterocycles. The maximum Gasteiger partial charge on any atom is 0.119 e. The predicted molar refractivity (Wildman–Crippen MR) is 121 cm³/mol. The Bertz CT molecular complexity index is 700. The van der Waals surface area contributed by atoms with Crippen LogP contribution in [0.5, 0.6) is 5.75 Å². The van der Waals surface area contributed by atoms with Crippen molar-refractivity contribution in [1.29, 1.82) is 0 Å². The Morgan fingerprint density at radius 3 is 2.31 bits per heavy atom. The molecule has 0 aliphatic carbocycles. The minimum Gasteiger partial charge on any atom is -0.494 e. The average Bonchev–Trinajstić information content (AvgIpc) is 2.77. The highest BCUT2D eigenvalue weighted by atomic mass is 16.5. The van der Waals surface area contributed by atoms with Gasteiger partial charge in [0, 0.05) is 45.3 Å². The molecule has 4 heteroatoms. The van der Waals surface area contributed by atoms with E-state index in [1.54, 1.807) is 0 Å². The molecule has 0 radical (unpaired) electrons. The molecule has 29 heavy (non-hydrogen) atoms. The van der Waals surface area contributed by atoms with Crippen molar-refractivity contribution in [3.05, 3.63) is 65.7 Å². The van der Waals surface area contributed by atoms with E-state index in [1.807, 2.05) is 6.92 Å². The van der Waals surface area contributed by atoms with Gasteiger partial charge in [-0.25, -0.2) is 0 Å². The van der Waals surface area contributed by atoms with Gasteiger partial charge in [0.25, 0.3) is 0 Å². The average molecular weight is 396 g/mol. The number of ether oxygens (including phenoxy) is 1. The van der Waals surface area contributed by atoms with Gasteiger partial charge in [-0.15, -0.1) is 0 Å². The van der Waals surface area contributed by atoms with Gasteiger partial charge in [-0.1, -0.05) is 56.3 Å². The van der Waals surface area contributed by atoms with Gasteiger partial charge in [0.15, 0.2) is 0 Å². The zero-order valence-electron chi connectivity index (χ0n) is 18.4. The van der Waals surface area contributed by atoms with Crippen LogP contribution in [0, 0.1) is 0 Å².